The van der Waals surface area contributed by atoms with Crippen LogP contribution in [0.25, 0.3) is 0 Å². The summed E-state index contributed by atoms with van der Waals surface area (Å²) in [5.41, 5.74) is 2.68. The largest absolute Gasteiger partial charge is 0.465 e. The Balaban J connectivity index is 2.05. The average Bonchev–Trinajstić information content (AvgIpc) is 2.38. The van der Waals surface area contributed by atoms with Crippen LogP contribution in [-0.2, 0) is 16.0 Å². The first-order valence-electron chi connectivity index (χ1n) is 7.29. The lowest BCUT2D eigenvalue weighted by molar-refractivity contribution is -0.144. The van der Waals surface area contributed by atoms with Gasteiger partial charge < -0.3 is 4.74 Å². The number of unbranched alkanes of at least 4 members (excludes halogenated alkanes) is 2. The van der Waals surface area contributed by atoms with Gasteiger partial charge in [-0.05, 0) is 37.7 Å². The van der Waals surface area contributed by atoms with Crippen LogP contribution in [0.3, 0.4) is 0 Å². The minimum atomic E-state index is -0.0518. The molecule has 0 fully saturated rings. The summed E-state index contributed by atoms with van der Waals surface area (Å²) in [5, 5.41) is 0. The molecule has 0 amide bonds. The standard InChI is InChI=1S/C17H26O2/c1-14(2)13-19-17(18)8-6-4-5-7-16-11-9-15(3)10-12-16/h9-12,14H,4-8,13H2,1-3H3. The molecular weight excluding hydrogens is 236 g/mol. The molecule has 0 aliphatic heterocycles. The molecule has 0 bridgehead atoms. The molecule has 2 nitrogen and oxygen atoms in total. The Morgan fingerprint density at radius 2 is 1.79 bits per heavy atom. The van der Waals surface area contributed by atoms with Gasteiger partial charge in [0, 0.05) is 6.42 Å². The molecule has 0 aromatic heterocycles. The molecule has 1 aromatic rings. The van der Waals surface area contributed by atoms with Crippen molar-refractivity contribution < 1.29 is 9.53 Å². The highest BCUT2D eigenvalue weighted by molar-refractivity contribution is 5.69. The molecule has 0 spiro atoms. The normalized spacial score (nSPS) is 10.7. The first kappa shape index (κ1) is 15.7. The van der Waals surface area contributed by atoms with Gasteiger partial charge in [0.2, 0.25) is 0 Å². The van der Waals surface area contributed by atoms with E-state index in [1.165, 1.54) is 11.1 Å². The van der Waals surface area contributed by atoms with Crippen LogP contribution in [0.2, 0.25) is 0 Å². The van der Waals surface area contributed by atoms with E-state index in [-0.39, 0.29) is 5.97 Å². The minimum absolute atomic E-state index is 0.0518. The lowest BCUT2D eigenvalue weighted by atomic mass is 10.0. The molecular formula is C17H26O2. The van der Waals surface area contributed by atoms with Crippen molar-refractivity contribution in [2.24, 2.45) is 5.92 Å². The van der Waals surface area contributed by atoms with Crippen LogP contribution >= 0.6 is 0 Å². The third-order valence-electron chi connectivity index (χ3n) is 3.04. The van der Waals surface area contributed by atoms with Crippen molar-refractivity contribution in [1.82, 2.24) is 0 Å². The number of esters is 1. The number of benzene rings is 1. The topological polar surface area (TPSA) is 26.3 Å². The van der Waals surface area contributed by atoms with Crippen molar-refractivity contribution >= 4 is 5.97 Å². The Morgan fingerprint density at radius 3 is 2.42 bits per heavy atom. The predicted octanol–water partition coefficient (Wildman–Crippen LogP) is 4.30. The van der Waals surface area contributed by atoms with Crippen LogP contribution in [0.5, 0.6) is 0 Å². The van der Waals surface area contributed by atoms with Gasteiger partial charge in [-0.25, -0.2) is 0 Å². The maximum absolute atomic E-state index is 11.4. The summed E-state index contributed by atoms with van der Waals surface area (Å²) < 4.78 is 5.14. The zero-order valence-corrected chi connectivity index (χ0v) is 12.4. The molecule has 0 saturated carbocycles. The zero-order valence-electron chi connectivity index (χ0n) is 12.4. The van der Waals surface area contributed by atoms with E-state index < -0.39 is 0 Å². The van der Waals surface area contributed by atoms with Gasteiger partial charge in [-0.1, -0.05) is 50.1 Å². The van der Waals surface area contributed by atoms with Gasteiger partial charge in [-0.2, -0.15) is 0 Å². The molecule has 2 heteroatoms. The number of carbonyl (C=O) groups is 1. The van der Waals surface area contributed by atoms with Gasteiger partial charge in [-0.15, -0.1) is 0 Å². The molecule has 0 N–H and O–H groups in total. The zero-order chi connectivity index (χ0) is 14.1. The van der Waals surface area contributed by atoms with Gasteiger partial charge in [0.1, 0.15) is 0 Å². The summed E-state index contributed by atoms with van der Waals surface area (Å²) in [7, 11) is 0. The van der Waals surface area contributed by atoms with Crippen LogP contribution in [0.1, 0.15) is 50.7 Å². The van der Waals surface area contributed by atoms with E-state index >= 15 is 0 Å². The Labute approximate surface area is 117 Å². The highest BCUT2D eigenvalue weighted by Gasteiger charge is 2.04. The smallest absolute Gasteiger partial charge is 0.305 e. The Bertz CT molecular complexity index is 365. The van der Waals surface area contributed by atoms with Crippen LogP contribution in [0.4, 0.5) is 0 Å². The second-order valence-electron chi connectivity index (χ2n) is 5.62. The van der Waals surface area contributed by atoms with E-state index in [2.05, 4.69) is 45.0 Å². The highest BCUT2D eigenvalue weighted by Crippen LogP contribution is 2.09. The van der Waals surface area contributed by atoms with Gasteiger partial charge in [-0.3, -0.25) is 4.79 Å². The first-order valence-corrected chi connectivity index (χ1v) is 7.29. The second-order valence-corrected chi connectivity index (χ2v) is 5.62. The molecule has 106 valence electrons. The fraction of sp³-hybridized carbons (Fsp3) is 0.588. The molecule has 0 aliphatic rings. The van der Waals surface area contributed by atoms with Crippen LogP contribution in [0.15, 0.2) is 24.3 Å². The van der Waals surface area contributed by atoms with Crippen molar-refractivity contribution in [3.8, 4) is 0 Å². The third-order valence-corrected chi connectivity index (χ3v) is 3.04. The molecule has 0 aliphatic carbocycles. The number of aryl methyl sites for hydroxylation is 2. The lowest BCUT2D eigenvalue weighted by Crippen LogP contribution is -2.09. The number of ether oxygens (including phenoxy) is 1. The molecule has 1 aromatic carbocycles. The van der Waals surface area contributed by atoms with Crippen molar-refractivity contribution in [3.05, 3.63) is 35.4 Å². The van der Waals surface area contributed by atoms with Crippen LogP contribution in [0, 0.1) is 12.8 Å². The van der Waals surface area contributed by atoms with E-state index in [1.807, 2.05) is 0 Å². The summed E-state index contributed by atoms with van der Waals surface area (Å²) in [6.45, 7) is 6.75. The second kappa shape index (κ2) is 8.73. The molecule has 0 saturated heterocycles. The van der Waals surface area contributed by atoms with E-state index in [4.69, 9.17) is 4.74 Å². The minimum Gasteiger partial charge on any atom is -0.465 e. The number of rotatable bonds is 8. The molecule has 19 heavy (non-hydrogen) atoms. The maximum atomic E-state index is 11.4. The first-order chi connectivity index (χ1) is 9.08. The van der Waals surface area contributed by atoms with Crippen molar-refractivity contribution in [3.63, 3.8) is 0 Å². The summed E-state index contributed by atoms with van der Waals surface area (Å²) >= 11 is 0. The molecule has 0 heterocycles. The van der Waals surface area contributed by atoms with Gasteiger partial charge in [0.15, 0.2) is 0 Å². The fourth-order valence-electron chi connectivity index (χ4n) is 1.86. The van der Waals surface area contributed by atoms with E-state index in [0.29, 0.717) is 18.9 Å². The Hall–Kier alpha value is -1.31. The van der Waals surface area contributed by atoms with Crippen LogP contribution < -0.4 is 0 Å². The Kier molecular flexibility index (Phi) is 7.24. The number of hydrogen-bond donors (Lipinski definition) is 0. The third kappa shape index (κ3) is 7.66. The van der Waals surface area contributed by atoms with Gasteiger partial charge in [0.05, 0.1) is 6.61 Å². The van der Waals surface area contributed by atoms with Gasteiger partial charge in [0.25, 0.3) is 0 Å². The van der Waals surface area contributed by atoms with Gasteiger partial charge >= 0.3 is 5.97 Å². The molecule has 0 radical (unpaired) electrons. The summed E-state index contributed by atoms with van der Waals surface area (Å²) in [6.07, 6.45) is 4.82. The number of carbonyl (C=O) groups excluding carboxylic acids is 1. The van der Waals surface area contributed by atoms with Crippen molar-refractivity contribution in [2.45, 2.75) is 52.9 Å². The summed E-state index contributed by atoms with van der Waals surface area (Å²) in [4.78, 5) is 11.4. The predicted molar refractivity (Wildman–Crippen MR) is 79.1 cm³/mol. The number of hydrogen-bond acceptors (Lipinski definition) is 2. The Morgan fingerprint density at radius 1 is 1.11 bits per heavy atom. The SMILES string of the molecule is Cc1ccc(CCCCCC(=O)OCC(C)C)cc1. The van der Waals surface area contributed by atoms with Crippen molar-refractivity contribution in [2.75, 3.05) is 6.61 Å². The monoisotopic (exact) mass is 262 g/mol. The van der Waals surface area contributed by atoms with Crippen LogP contribution in [-0.4, -0.2) is 12.6 Å². The molecule has 0 unspecified atom stereocenters. The average molecular weight is 262 g/mol. The highest BCUT2D eigenvalue weighted by atomic mass is 16.5. The molecule has 0 atom stereocenters. The maximum Gasteiger partial charge on any atom is 0.305 e. The lowest BCUT2D eigenvalue weighted by Gasteiger charge is -2.07. The van der Waals surface area contributed by atoms with E-state index in [1.54, 1.807) is 0 Å². The summed E-state index contributed by atoms with van der Waals surface area (Å²) in [5.74, 6) is 0.370. The van der Waals surface area contributed by atoms with Crippen molar-refractivity contribution in [1.29, 1.82) is 0 Å². The summed E-state index contributed by atoms with van der Waals surface area (Å²) in [6, 6.07) is 8.68. The van der Waals surface area contributed by atoms with E-state index in [0.717, 1.165) is 25.7 Å². The fourth-order valence-corrected chi connectivity index (χ4v) is 1.86. The quantitative estimate of drug-likeness (QED) is 0.516. The van der Waals surface area contributed by atoms with E-state index in [9.17, 15) is 4.79 Å². The molecule has 1 rings (SSSR count).